The van der Waals surface area contributed by atoms with E-state index in [9.17, 15) is 4.79 Å². The molecule has 1 N–H and O–H groups in total. The number of carboxylic acid groups (broad SMARTS) is 1. The molecule has 0 aromatic rings. The first-order valence-corrected chi connectivity index (χ1v) is 1.79. The molecule has 0 bridgehead atoms. The Morgan fingerprint density at radius 2 is 2.86 bits per heavy atom. The lowest BCUT2D eigenvalue weighted by Crippen LogP contribution is -1.84. The highest BCUT2D eigenvalue weighted by molar-refractivity contribution is 5.79. The summed E-state index contributed by atoms with van der Waals surface area (Å²) in [5, 5.41) is 8.15. The minimum absolute atomic E-state index is 0.465. The minimum atomic E-state index is -1.45. The molecule has 0 saturated carbocycles. The topological polar surface area (TPSA) is 37.3 Å². The van der Waals surface area contributed by atoms with Crippen LogP contribution in [0, 0.1) is 0 Å². The molecule has 0 saturated heterocycles. The summed E-state index contributed by atoms with van der Waals surface area (Å²) in [6, 6.07) is -1.27. The van der Waals surface area contributed by atoms with Gasteiger partial charge in [-0.3, -0.25) is 0 Å². The third-order valence-electron chi connectivity index (χ3n) is 0.323. The van der Waals surface area contributed by atoms with E-state index >= 15 is 0 Å². The molecule has 7 heavy (non-hydrogen) atoms. The van der Waals surface area contributed by atoms with Gasteiger partial charge in [-0.15, -0.1) is 0 Å². The van der Waals surface area contributed by atoms with Gasteiger partial charge in [0, 0.05) is 7.42 Å². The molecule has 1 unspecified atom stereocenters. The van der Waals surface area contributed by atoms with E-state index in [1.807, 2.05) is 0 Å². The first-order chi connectivity index (χ1) is 4.46. The Kier molecular flexibility index (Phi) is 1.22. The first-order valence-electron chi connectivity index (χ1n) is 3.37. The Morgan fingerprint density at radius 3 is 3.00 bits per heavy atom. The van der Waals surface area contributed by atoms with Crippen LogP contribution in [0.4, 0.5) is 0 Å². The molecule has 0 heterocycles. The normalized spacial score (nSPS) is 23.3. The maximum atomic E-state index is 10.00. The Bertz CT molecular complexity index is 174. The number of carboxylic acids is 1. The smallest absolute Gasteiger partial charge is 0.327 e. The molecule has 0 aliphatic heterocycles. The van der Waals surface area contributed by atoms with Crippen molar-refractivity contribution in [3.05, 3.63) is 12.1 Å². The van der Waals surface area contributed by atoms with Gasteiger partial charge in [-0.05, 0) is 6.40 Å². The van der Waals surface area contributed by atoms with Gasteiger partial charge in [-0.25, -0.2) is 4.79 Å². The number of hydrogen-bond donors (Lipinski definition) is 1. The van der Waals surface area contributed by atoms with E-state index in [-0.39, 0.29) is 0 Å². The van der Waals surface area contributed by atoms with E-state index in [4.69, 9.17) is 9.22 Å². The lowest BCUT2D eigenvalue weighted by Gasteiger charge is -1.73. The highest BCUT2D eigenvalue weighted by atomic mass is 16.4. The van der Waals surface area contributed by atoms with Crippen LogP contribution in [0.1, 0.15) is 17.4 Å². The summed E-state index contributed by atoms with van der Waals surface area (Å²) in [5.41, 5.74) is 0. The van der Waals surface area contributed by atoms with E-state index in [0.29, 0.717) is 0 Å². The maximum Gasteiger partial charge on any atom is 0.327 e. The molecule has 0 fully saturated rings. The Morgan fingerprint density at radius 1 is 2.29 bits per heavy atom. The molecule has 40 valence electrons. The molecule has 0 rings (SSSR count). The van der Waals surface area contributed by atoms with Crippen LogP contribution in [0.3, 0.4) is 0 Å². The fourth-order valence-corrected chi connectivity index (χ4v) is 0.134. The average Bonchev–Trinajstić information content (AvgIpc) is 1.84. The van der Waals surface area contributed by atoms with Crippen LogP contribution in [-0.2, 0) is 4.79 Å². The number of hydrogen-bond acceptors (Lipinski definition) is 1. The molecular weight excluding hydrogens is 92.1 g/mol. The molecule has 0 amide bonds. The van der Waals surface area contributed by atoms with Crippen molar-refractivity contribution in [1.82, 2.24) is 0 Å². The summed E-state index contributed by atoms with van der Waals surface area (Å²) in [7, 11) is 0. The Labute approximate surface area is 46.7 Å². The van der Waals surface area contributed by atoms with Crippen molar-refractivity contribution >= 4 is 5.97 Å². The van der Waals surface area contributed by atoms with Gasteiger partial charge in [0.2, 0.25) is 0 Å². The highest BCUT2D eigenvalue weighted by Crippen LogP contribution is 1.76. The van der Waals surface area contributed by atoms with E-state index in [0.717, 1.165) is 0 Å². The lowest BCUT2D eigenvalue weighted by atomic mass is 10.4. The van der Waals surface area contributed by atoms with Gasteiger partial charge in [-0.2, -0.15) is 0 Å². The van der Waals surface area contributed by atoms with Crippen molar-refractivity contribution in [3.8, 4) is 0 Å². The number of rotatable bonds is 2. The van der Waals surface area contributed by atoms with Crippen molar-refractivity contribution in [1.29, 1.82) is 0 Å². The van der Waals surface area contributed by atoms with Gasteiger partial charge in [0.1, 0.15) is 0 Å². The van der Waals surface area contributed by atoms with Crippen LogP contribution in [0.15, 0.2) is 12.1 Å². The molecule has 0 radical (unpaired) electrons. The molecular formula is C5H8O2. The van der Waals surface area contributed by atoms with Crippen LogP contribution in [0.5, 0.6) is 0 Å². The molecule has 2 nitrogen and oxygen atoms in total. The summed E-state index contributed by atoms with van der Waals surface area (Å²) < 4.78 is 20.5. The second kappa shape index (κ2) is 3.40. The van der Waals surface area contributed by atoms with Crippen molar-refractivity contribution < 1.29 is 14.0 Å². The van der Waals surface area contributed by atoms with Gasteiger partial charge >= 0.3 is 5.97 Å². The predicted molar refractivity (Wildman–Crippen MR) is 27.1 cm³/mol. The van der Waals surface area contributed by atoms with E-state index in [1.54, 1.807) is 0 Å². The zero-order valence-corrected chi connectivity index (χ0v) is 3.93. The Hall–Kier alpha value is -0.790. The standard InChI is InChI=1S/C5H8O2/c1-2-3-4-5(6)7/h3-4H,2H2,1H3,(H,6,7)/i2D,3D,4D. The van der Waals surface area contributed by atoms with Crippen molar-refractivity contribution in [2.24, 2.45) is 0 Å². The van der Waals surface area contributed by atoms with Crippen molar-refractivity contribution in [2.75, 3.05) is 0 Å². The number of allylic oxidation sites excluding steroid dienone is 1. The van der Waals surface area contributed by atoms with Gasteiger partial charge in [0.05, 0.1) is 2.74 Å². The zero-order chi connectivity index (χ0) is 8.31. The summed E-state index contributed by atoms with van der Waals surface area (Å²) in [6.07, 6.45) is -0.941. The monoisotopic (exact) mass is 103 g/mol. The molecule has 0 spiro atoms. The van der Waals surface area contributed by atoms with Crippen LogP contribution in [0.25, 0.3) is 0 Å². The minimum Gasteiger partial charge on any atom is -0.478 e. The second-order valence-electron chi connectivity index (χ2n) is 0.863. The summed E-state index contributed by atoms with van der Waals surface area (Å²) >= 11 is 0. The lowest BCUT2D eigenvalue weighted by molar-refractivity contribution is -0.131. The summed E-state index contributed by atoms with van der Waals surface area (Å²) in [6.45, 7) is 1.35. The molecule has 2 heteroatoms. The van der Waals surface area contributed by atoms with Gasteiger partial charge < -0.3 is 5.11 Å². The Balaban J connectivity index is 4.50. The maximum absolute atomic E-state index is 10.00. The fourth-order valence-electron chi connectivity index (χ4n) is 0.134. The first kappa shape index (κ1) is 2.50. The quantitative estimate of drug-likeness (QED) is 0.530. The molecule has 0 aliphatic rings. The second-order valence-corrected chi connectivity index (χ2v) is 0.863. The molecule has 0 aromatic carbocycles. The highest BCUT2D eigenvalue weighted by Gasteiger charge is 1.79. The van der Waals surface area contributed by atoms with Crippen LogP contribution in [-0.4, -0.2) is 11.1 Å². The van der Waals surface area contributed by atoms with Crippen LogP contribution >= 0.6 is 0 Å². The largest absolute Gasteiger partial charge is 0.478 e. The predicted octanol–water partition coefficient (Wildman–Crippen LogP) is 1.04. The average molecular weight is 103 g/mol. The number of aliphatic carboxylic acids is 1. The van der Waals surface area contributed by atoms with E-state index < -0.39 is 24.5 Å². The van der Waals surface area contributed by atoms with Crippen molar-refractivity contribution in [3.63, 3.8) is 0 Å². The summed E-state index contributed by atoms with van der Waals surface area (Å²) in [5.74, 6) is -1.45. The van der Waals surface area contributed by atoms with Gasteiger partial charge in [0.15, 0.2) is 0 Å². The van der Waals surface area contributed by atoms with Gasteiger partial charge in [-0.1, -0.05) is 13.0 Å². The SMILES string of the molecule is [2H]C(C(=O)O)=C([2H])C([2H])C. The van der Waals surface area contributed by atoms with Crippen molar-refractivity contribution in [2.45, 2.75) is 13.3 Å². The third-order valence-corrected chi connectivity index (χ3v) is 0.323. The third kappa shape index (κ3) is 5.21. The van der Waals surface area contributed by atoms with Crippen LogP contribution < -0.4 is 0 Å². The fraction of sp³-hybridized carbons (Fsp3) is 0.400. The zero-order valence-electron chi connectivity index (χ0n) is 6.93. The molecule has 0 aliphatic carbocycles. The molecule has 0 aromatic heterocycles. The van der Waals surface area contributed by atoms with Gasteiger partial charge in [0.25, 0.3) is 0 Å². The van der Waals surface area contributed by atoms with E-state index in [1.165, 1.54) is 6.92 Å². The summed E-state index contributed by atoms with van der Waals surface area (Å²) in [4.78, 5) is 10.00. The van der Waals surface area contributed by atoms with Crippen LogP contribution in [0.2, 0.25) is 0 Å². The number of carbonyl (C=O) groups is 1. The van der Waals surface area contributed by atoms with E-state index in [2.05, 4.69) is 0 Å². The molecule has 1 atom stereocenters.